The normalized spacial score (nSPS) is 13.9. The van der Waals surface area contributed by atoms with Crippen molar-refractivity contribution in [2.24, 2.45) is 0 Å². The van der Waals surface area contributed by atoms with Crippen LogP contribution in [0.25, 0.3) is 11.3 Å². The fraction of sp³-hybridized carbons (Fsp3) is 0.179. The van der Waals surface area contributed by atoms with Crippen molar-refractivity contribution in [3.63, 3.8) is 0 Å². The van der Waals surface area contributed by atoms with E-state index in [1.165, 1.54) is 0 Å². The quantitative estimate of drug-likeness (QED) is 0.385. The zero-order valence-corrected chi connectivity index (χ0v) is 20.1. The van der Waals surface area contributed by atoms with Gasteiger partial charge in [0.25, 0.3) is 5.91 Å². The van der Waals surface area contributed by atoms with E-state index in [4.69, 9.17) is 16.7 Å². The Balaban J connectivity index is 1.30. The lowest BCUT2D eigenvalue weighted by Gasteiger charge is -2.27. The van der Waals surface area contributed by atoms with Gasteiger partial charge in [0.2, 0.25) is 5.91 Å². The van der Waals surface area contributed by atoms with Crippen LogP contribution in [0.4, 0.5) is 5.82 Å². The highest BCUT2D eigenvalue weighted by Crippen LogP contribution is 2.30. The minimum atomic E-state index is -0.132. The topological polar surface area (TPSA) is 67.2 Å². The first-order chi connectivity index (χ1) is 17.0. The van der Waals surface area contributed by atoms with Crippen LogP contribution >= 0.6 is 11.6 Å². The van der Waals surface area contributed by atoms with Crippen molar-refractivity contribution in [1.82, 2.24) is 15.1 Å². The number of aryl methyl sites for hydroxylation is 1. The molecular weight excluding hydrogens is 460 g/mol. The van der Waals surface area contributed by atoms with Crippen molar-refractivity contribution in [3.8, 4) is 11.3 Å². The largest absolute Gasteiger partial charge is 0.346 e. The van der Waals surface area contributed by atoms with E-state index in [-0.39, 0.29) is 17.9 Å². The molecule has 1 unspecified atom stereocenters. The lowest BCUT2D eigenvalue weighted by molar-refractivity contribution is -0.119. The zero-order chi connectivity index (χ0) is 24.4. The smallest absolute Gasteiger partial charge is 0.251 e. The molecule has 0 aliphatic carbocycles. The van der Waals surface area contributed by atoms with Crippen molar-refractivity contribution in [1.29, 1.82) is 0 Å². The molecule has 3 aromatic carbocycles. The highest BCUT2D eigenvalue weighted by Gasteiger charge is 2.26. The Morgan fingerprint density at radius 1 is 1.03 bits per heavy atom. The first-order valence-corrected chi connectivity index (χ1v) is 11.9. The van der Waals surface area contributed by atoms with Crippen LogP contribution in [0.1, 0.15) is 40.9 Å². The van der Waals surface area contributed by atoms with Gasteiger partial charge in [0.15, 0.2) is 0 Å². The molecule has 4 aromatic rings. The molecule has 1 aromatic heterocycles. The summed E-state index contributed by atoms with van der Waals surface area (Å²) in [5.74, 6) is 0.691. The Hall–Kier alpha value is -3.90. The van der Waals surface area contributed by atoms with Gasteiger partial charge in [-0.25, -0.2) is 4.68 Å². The number of nitrogens with zero attached hydrogens (tertiary/aromatic N) is 3. The highest BCUT2D eigenvalue weighted by atomic mass is 35.5. The molecule has 2 amide bonds. The number of carbonyl (C=O) groups is 2. The van der Waals surface area contributed by atoms with Gasteiger partial charge in [-0.05, 0) is 42.3 Å². The number of carbonyl (C=O) groups excluding carboxylic acids is 2. The number of nitrogens with one attached hydrogen (secondary N) is 1. The maximum atomic E-state index is 12.8. The molecule has 1 atom stereocenters. The van der Waals surface area contributed by atoms with Gasteiger partial charge in [-0.1, -0.05) is 66.2 Å². The van der Waals surface area contributed by atoms with E-state index in [1.807, 2.05) is 84.4 Å². The SMILES string of the molecule is CC(NC(=O)c1ccc(CN2C(=O)CCn3nc(-c4ccc(Cl)cc4)cc32)cc1)c1ccccc1. The van der Waals surface area contributed by atoms with E-state index in [1.54, 1.807) is 17.0 Å². The summed E-state index contributed by atoms with van der Waals surface area (Å²) in [7, 11) is 0. The van der Waals surface area contributed by atoms with Gasteiger partial charge >= 0.3 is 0 Å². The van der Waals surface area contributed by atoms with Crippen molar-refractivity contribution >= 4 is 29.2 Å². The molecule has 1 aliphatic heterocycles. The summed E-state index contributed by atoms with van der Waals surface area (Å²) in [6.07, 6.45) is 0.395. The molecule has 0 bridgehead atoms. The number of anilines is 1. The van der Waals surface area contributed by atoms with Crippen LogP contribution in [0.15, 0.2) is 84.9 Å². The van der Waals surface area contributed by atoms with Crippen molar-refractivity contribution < 1.29 is 9.59 Å². The predicted molar refractivity (Wildman–Crippen MR) is 137 cm³/mol. The van der Waals surface area contributed by atoms with Crippen molar-refractivity contribution in [2.45, 2.75) is 32.5 Å². The molecule has 0 radical (unpaired) electrons. The van der Waals surface area contributed by atoms with Crippen molar-refractivity contribution in [3.05, 3.63) is 107 Å². The third kappa shape index (κ3) is 4.98. The Morgan fingerprint density at radius 3 is 2.46 bits per heavy atom. The van der Waals surface area contributed by atoms with Gasteiger partial charge in [-0.2, -0.15) is 5.10 Å². The van der Waals surface area contributed by atoms with E-state index < -0.39 is 0 Å². The molecule has 0 saturated heterocycles. The third-order valence-electron chi connectivity index (χ3n) is 6.22. The average Bonchev–Trinajstić information content (AvgIpc) is 3.32. The Labute approximate surface area is 209 Å². The molecular formula is C28H25ClN4O2. The second-order valence-electron chi connectivity index (χ2n) is 8.65. The van der Waals surface area contributed by atoms with Gasteiger partial charge in [0.1, 0.15) is 5.82 Å². The Bertz CT molecular complexity index is 1350. The van der Waals surface area contributed by atoms with Crippen LogP contribution in [0, 0.1) is 0 Å². The van der Waals surface area contributed by atoms with E-state index >= 15 is 0 Å². The number of amides is 2. The number of hydrogen-bond acceptors (Lipinski definition) is 3. The van der Waals surface area contributed by atoms with Crippen LogP contribution in [0.2, 0.25) is 5.02 Å². The average molecular weight is 485 g/mol. The summed E-state index contributed by atoms with van der Waals surface area (Å²) in [6.45, 7) is 2.93. The summed E-state index contributed by atoms with van der Waals surface area (Å²) >= 11 is 6.01. The van der Waals surface area contributed by atoms with Crippen LogP contribution in [0.3, 0.4) is 0 Å². The van der Waals surface area contributed by atoms with Gasteiger partial charge in [0, 0.05) is 28.6 Å². The maximum Gasteiger partial charge on any atom is 0.251 e. The van der Waals surface area contributed by atoms with Crippen LogP contribution < -0.4 is 10.2 Å². The van der Waals surface area contributed by atoms with Gasteiger partial charge in [-0.3, -0.25) is 14.5 Å². The molecule has 1 aliphatic rings. The maximum absolute atomic E-state index is 12.8. The van der Waals surface area contributed by atoms with Gasteiger partial charge in [0.05, 0.1) is 24.8 Å². The minimum absolute atomic E-state index is 0.0542. The molecule has 1 N–H and O–H groups in total. The fourth-order valence-electron chi connectivity index (χ4n) is 4.23. The zero-order valence-electron chi connectivity index (χ0n) is 19.3. The number of aromatic nitrogens is 2. The first kappa shape index (κ1) is 22.9. The lowest BCUT2D eigenvalue weighted by Crippen LogP contribution is -2.36. The molecule has 176 valence electrons. The minimum Gasteiger partial charge on any atom is -0.346 e. The molecule has 0 saturated carbocycles. The van der Waals surface area contributed by atoms with Crippen LogP contribution in [0.5, 0.6) is 0 Å². The molecule has 0 fully saturated rings. The lowest BCUT2D eigenvalue weighted by atomic mass is 10.1. The van der Waals surface area contributed by atoms with E-state index in [0.29, 0.717) is 30.1 Å². The van der Waals surface area contributed by atoms with Crippen LogP contribution in [-0.2, 0) is 17.9 Å². The van der Waals surface area contributed by atoms with E-state index in [2.05, 4.69) is 5.32 Å². The molecule has 35 heavy (non-hydrogen) atoms. The highest BCUT2D eigenvalue weighted by molar-refractivity contribution is 6.30. The molecule has 0 spiro atoms. The Morgan fingerprint density at radius 2 is 1.74 bits per heavy atom. The second-order valence-corrected chi connectivity index (χ2v) is 9.09. The number of rotatable bonds is 6. The monoisotopic (exact) mass is 484 g/mol. The predicted octanol–water partition coefficient (Wildman–Crippen LogP) is 5.63. The van der Waals surface area contributed by atoms with E-state index in [0.717, 1.165) is 28.2 Å². The number of benzene rings is 3. The third-order valence-corrected chi connectivity index (χ3v) is 6.47. The van der Waals surface area contributed by atoms with Crippen LogP contribution in [-0.4, -0.2) is 21.6 Å². The molecule has 6 nitrogen and oxygen atoms in total. The summed E-state index contributed by atoms with van der Waals surface area (Å²) < 4.78 is 1.87. The summed E-state index contributed by atoms with van der Waals surface area (Å²) in [5.41, 5.74) is 4.32. The molecule has 7 heteroatoms. The van der Waals surface area contributed by atoms with Gasteiger partial charge < -0.3 is 5.32 Å². The Kier molecular flexibility index (Phi) is 6.38. The number of hydrogen-bond donors (Lipinski definition) is 1. The van der Waals surface area contributed by atoms with E-state index in [9.17, 15) is 9.59 Å². The summed E-state index contributed by atoms with van der Waals surface area (Å²) in [5, 5.41) is 8.39. The molecule has 5 rings (SSSR count). The fourth-order valence-corrected chi connectivity index (χ4v) is 4.36. The summed E-state index contributed by atoms with van der Waals surface area (Å²) in [4.78, 5) is 27.2. The first-order valence-electron chi connectivity index (χ1n) is 11.6. The number of halogens is 1. The second kappa shape index (κ2) is 9.76. The number of fused-ring (bicyclic) bond motifs is 1. The standard InChI is InChI=1S/C28H25ClN4O2/c1-19(21-5-3-2-4-6-21)30-28(35)23-9-7-20(8-10-23)18-32-26-17-25(22-11-13-24(29)14-12-22)31-33(26)16-15-27(32)34/h2-14,17,19H,15-16,18H2,1H3,(H,30,35). The van der Waals surface area contributed by atoms with Crippen molar-refractivity contribution in [2.75, 3.05) is 4.90 Å². The summed E-state index contributed by atoms with van der Waals surface area (Å²) in [6, 6.07) is 26.6. The molecule has 2 heterocycles. The van der Waals surface area contributed by atoms with Gasteiger partial charge in [-0.15, -0.1) is 0 Å².